The fourth-order valence-corrected chi connectivity index (χ4v) is 3.66. The number of rotatable bonds is 6. The predicted octanol–water partition coefficient (Wildman–Crippen LogP) is 2.21. The molecule has 3 saturated heterocycles. The van der Waals surface area contributed by atoms with Gasteiger partial charge in [0.25, 0.3) is 0 Å². The molecule has 0 N–H and O–H groups in total. The van der Waals surface area contributed by atoms with Crippen LogP contribution in [0.5, 0.6) is 18.0 Å². The summed E-state index contributed by atoms with van der Waals surface area (Å²) in [6.07, 6.45) is 10.5. The summed E-state index contributed by atoms with van der Waals surface area (Å²) in [7, 11) is 0. The van der Waals surface area contributed by atoms with Gasteiger partial charge in [-0.2, -0.15) is 0 Å². The summed E-state index contributed by atoms with van der Waals surface area (Å²) in [6, 6.07) is 0.725. The first-order chi connectivity index (χ1) is 13.3. The topological polar surface area (TPSA) is 76.1 Å². The van der Waals surface area contributed by atoms with Gasteiger partial charge in [-0.1, -0.05) is 19.3 Å². The van der Waals surface area contributed by atoms with Crippen molar-refractivity contribution in [1.82, 2.24) is 30.1 Å². The van der Waals surface area contributed by atoms with Crippen molar-refractivity contribution in [3.05, 3.63) is 0 Å². The smallest absolute Gasteiger partial charge is 0.345 e. The molecule has 1 aromatic heterocycles. The van der Waals surface area contributed by atoms with Gasteiger partial charge in [0.15, 0.2) is 0 Å². The first-order valence-corrected chi connectivity index (χ1v) is 10.4. The second kappa shape index (κ2) is 9.48. The highest BCUT2D eigenvalue weighted by molar-refractivity contribution is 5.08. The number of piperidine rings is 3. The molecule has 4 rings (SSSR count). The van der Waals surface area contributed by atoms with Crippen LogP contribution in [0.2, 0.25) is 0 Å². The van der Waals surface area contributed by atoms with Crippen molar-refractivity contribution in [3.8, 4) is 18.0 Å². The Morgan fingerprint density at radius 1 is 0.407 bits per heavy atom. The van der Waals surface area contributed by atoms with Crippen LogP contribution in [0.15, 0.2) is 0 Å². The molecule has 0 aromatic carbocycles. The van der Waals surface area contributed by atoms with Crippen molar-refractivity contribution in [2.75, 3.05) is 39.3 Å². The molecule has 1 aromatic rings. The van der Waals surface area contributed by atoms with E-state index >= 15 is 0 Å². The Hall–Kier alpha value is -1.71. The number of nitrogens with zero attached hydrogens (tertiary/aromatic N) is 6. The van der Waals surface area contributed by atoms with Crippen LogP contribution in [0.1, 0.15) is 57.8 Å². The minimum absolute atomic E-state index is 0.242. The van der Waals surface area contributed by atoms with Crippen LogP contribution in [-0.4, -0.2) is 69.4 Å². The fourth-order valence-electron chi connectivity index (χ4n) is 3.66. The lowest BCUT2D eigenvalue weighted by Crippen LogP contribution is -2.36. The van der Waals surface area contributed by atoms with Gasteiger partial charge >= 0.3 is 18.0 Å². The van der Waals surface area contributed by atoms with E-state index in [1.807, 2.05) is 15.2 Å². The van der Waals surface area contributed by atoms with E-state index in [1.54, 1.807) is 0 Å². The lowest BCUT2D eigenvalue weighted by molar-refractivity contribution is -0.102. The molecule has 0 amide bonds. The summed E-state index contributed by atoms with van der Waals surface area (Å²) < 4.78 is 0. The highest BCUT2D eigenvalue weighted by atomic mass is 16.7. The lowest BCUT2D eigenvalue weighted by Gasteiger charge is -2.27. The van der Waals surface area contributed by atoms with Gasteiger partial charge in [0.2, 0.25) is 0 Å². The normalized spacial score (nSPS) is 23.1. The Bertz CT molecular complexity index is 493. The quantitative estimate of drug-likeness (QED) is 0.740. The fraction of sp³-hybridized carbons (Fsp3) is 0.833. The van der Waals surface area contributed by atoms with E-state index < -0.39 is 0 Å². The van der Waals surface area contributed by atoms with Crippen molar-refractivity contribution < 1.29 is 14.5 Å². The molecule has 0 aliphatic carbocycles. The van der Waals surface area contributed by atoms with E-state index in [4.69, 9.17) is 14.5 Å². The van der Waals surface area contributed by atoms with Gasteiger partial charge in [0.05, 0.1) is 0 Å². The summed E-state index contributed by atoms with van der Waals surface area (Å²) in [5.74, 6) is 0. The Morgan fingerprint density at radius 3 is 0.926 bits per heavy atom. The van der Waals surface area contributed by atoms with Gasteiger partial charge in [0, 0.05) is 39.3 Å². The first-order valence-electron chi connectivity index (χ1n) is 10.4. The number of hydrogen-bond acceptors (Lipinski definition) is 9. The van der Waals surface area contributed by atoms with Gasteiger partial charge in [-0.3, -0.25) is 0 Å². The Labute approximate surface area is 160 Å². The van der Waals surface area contributed by atoms with Crippen molar-refractivity contribution in [2.45, 2.75) is 57.8 Å². The Morgan fingerprint density at radius 2 is 0.667 bits per heavy atom. The van der Waals surface area contributed by atoms with E-state index in [9.17, 15) is 0 Å². The number of hydrogen-bond donors (Lipinski definition) is 0. The van der Waals surface area contributed by atoms with Crippen molar-refractivity contribution in [2.24, 2.45) is 0 Å². The summed E-state index contributed by atoms with van der Waals surface area (Å²) in [4.78, 5) is 30.8. The average molecular weight is 378 g/mol. The molecule has 9 heteroatoms. The Kier molecular flexibility index (Phi) is 6.54. The number of hydroxylamine groups is 6. The molecule has 3 fully saturated rings. The van der Waals surface area contributed by atoms with E-state index in [0.717, 1.165) is 77.8 Å². The molecular weight excluding hydrogens is 348 g/mol. The zero-order valence-corrected chi connectivity index (χ0v) is 16.0. The standard InChI is InChI=1S/C18H30N6O3/c1-4-10-22(11-5-1)25-16-19-17(26-23-12-6-2-7-13-23)21-18(20-16)27-24-14-8-3-9-15-24/h1-15H2. The van der Waals surface area contributed by atoms with Gasteiger partial charge < -0.3 is 14.5 Å². The predicted molar refractivity (Wildman–Crippen MR) is 98.0 cm³/mol. The molecule has 9 nitrogen and oxygen atoms in total. The highest BCUT2D eigenvalue weighted by Gasteiger charge is 2.21. The third-order valence-corrected chi connectivity index (χ3v) is 5.15. The molecule has 0 bridgehead atoms. The third-order valence-electron chi connectivity index (χ3n) is 5.15. The van der Waals surface area contributed by atoms with Gasteiger partial charge in [-0.25, -0.2) is 0 Å². The molecule has 0 saturated carbocycles. The number of aromatic nitrogens is 3. The molecule has 0 spiro atoms. The first kappa shape index (κ1) is 18.6. The maximum atomic E-state index is 5.89. The summed E-state index contributed by atoms with van der Waals surface area (Å²) in [5, 5.41) is 5.73. The molecule has 0 atom stereocenters. The second-order valence-electron chi connectivity index (χ2n) is 7.43. The zero-order chi connectivity index (χ0) is 18.3. The van der Waals surface area contributed by atoms with Gasteiger partial charge in [-0.05, 0) is 38.5 Å². The average Bonchev–Trinajstić information content (AvgIpc) is 2.70. The van der Waals surface area contributed by atoms with Gasteiger partial charge in [0.1, 0.15) is 0 Å². The van der Waals surface area contributed by atoms with E-state index in [0.29, 0.717) is 0 Å². The van der Waals surface area contributed by atoms with Gasteiger partial charge in [-0.15, -0.1) is 30.1 Å². The van der Waals surface area contributed by atoms with E-state index in [1.165, 1.54) is 19.3 Å². The second-order valence-corrected chi connectivity index (χ2v) is 7.43. The molecule has 0 unspecified atom stereocenters. The van der Waals surface area contributed by atoms with Crippen LogP contribution < -0.4 is 14.5 Å². The van der Waals surface area contributed by atoms with E-state index in [2.05, 4.69) is 15.0 Å². The largest absolute Gasteiger partial charge is 0.365 e. The summed E-state index contributed by atoms with van der Waals surface area (Å²) >= 11 is 0. The van der Waals surface area contributed by atoms with Crippen LogP contribution in [-0.2, 0) is 0 Å². The minimum Gasteiger partial charge on any atom is -0.365 e. The highest BCUT2D eigenvalue weighted by Crippen LogP contribution is 2.21. The summed E-state index contributed by atoms with van der Waals surface area (Å²) in [5.41, 5.74) is 0. The van der Waals surface area contributed by atoms with Crippen molar-refractivity contribution in [3.63, 3.8) is 0 Å². The molecule has 27 heavy (non-hydrogen) atoms. The monoisotopic (exact) mass is 378 g/mol. The third kappa shape index (κ3) is 5.63. The molecule has 150 valence electrons. The Balaban J connectivity index is 1.47. The summed E-state index contributed by atoms with van der Waals surface area (Å²) in [6.45, 7) is 5.31. The SMILES string of the molecule is C1CCN(Oc2nc(ON3CCCCC3)nc(ON3CCCCC3)n2)CC1. The minimum atomic E-state index is 0.242. The van der Waals surface area contributed by atoms with Crippen LogP contribution in [0, 0.1) is 0 Å². The molecule has 3 aliphatic heterocycles. The van der Waals surface area contributed by atoms with E-state index in [-0.39, 0.29) is 18.0 Å². The van der Waals surface area contributed by atoms with Crippen LogP contribution in [0.4, 0.5) is 0 Å². The zero-order valence-electron chi connectivity index (χ0n) is 16.0. The van der Waals surface area contributed by atoms with Crippen LogP contribution in [0.3, 0.4) is 0 Å². The molecule has 4 heterocycles. The molecule has 0 radical (unpaired) electrons. The lowest BCUT2D eigenvalue weighted by atomic mass is 10.2. The maximum absolute atomic E-state index is 5.89. The molecule has 3 aliphatic rings. The molecular formula is C18H30N6O3. The van der Waals surface area contributed by atoms with Crippen molar-refractivity contribution >= 4 is 0 Å². The van der Waals surface area contributed by atoms with Crippen LogP contribution in [0.25, 0.3) is 0 Å². The maximum Gasteiger partial charge on any atom is 0.345 e. The van der Waals surface area contributed by atoms with Crippen LogP contribution >= 0.6 is 0 Å². The van der Waals surface area contributed by atoms with Crippen molar-refractivity contribution in [1.29, 1.82) is 0 Å².